The number of allylic oxidation sites excluding steroid dienone is 1. The molecule has 0 bridgehead atoms. The van der Waals surface area contributed by atoms with Crippen molar-refractivity contribution >= 4 is 11.9 Å². The van der Waals surface area contributed by atoms with E-state index in [1.165, 1.54) is 16.7 Å². The van der Waals surface area contributed by atoms with Crippen LogP contribution in [-0.2, 0) is 20.7 Å². The number of piperazine rings is 1. The first kappa shape index (κ1) is 31.5. The summed E-state index contributed by atoms with van der Waals surface area (Å²) < 4.78 is 6.39. The van der Waals surface area contributed by atoms with Crippen LogP contribution in [0.15, 0.2) is 103 Å². The van der Waals surface area contributed by atoms with Crippen molar-refractivity contribution in [1.82, 2.24) is 9.80 Å². The number of hydrogen-bond acceptors (Lipinski definition) is 6. The van der Waals surface area contributed by atoms with E-state index in [1.807, 2.05) is 0 Å². The lowest BCUT2D eigenvalue weighted by molar-refractivity contribution is -0.139. The molecule has 218 valence electrons. The molecule has 4 rings (SSSR count). The van der Waals surface area contributed by atoms with Crippen LogP contribution in [0.2, 0.25) is 0 Å². The summed E-state index contributed by atoms with van der Waals surface area (Å²) in [7, 11) is 0. The number of aliphatic carboxylic acids is 2. The third-order valence-corrected chi connectivity index (χ3v) is 6.80. The van der Waals surface area contributed by atoms with Crippen LogP contribution in [0.1, 0.15) is 35.6 Å². The number of rotatable bonds is 13. The highest BCUT2D eigenvalue weighted by atomic mass is 16.5. The predicted octanol–water partition coefficient (Wildman–Crippen LogP) is 4.43. The number of ether oxygens (including phenoxy) is 1. The fourth-order valence-corrected chi connectivity index (χ4v) is 4.43. The van der Waals surface area contributed by atoms with Gasteiger partial charge in [-0.2, -0.15) is 0 Å². The molecule has 8 heteroatoms. The van der Waals surface area contributed by atoms with Crippen molar-refractivity contribution in [3.05, 3.63) is 120 Å². The van der Waals surface area contributed by atoms with Gasteiger partial charge in [-0.15, -0.1) is 0 Å². The normalized spacial score (nSPS) is 14.4. The molecule has 1 aliphatic heterocycles. The third-order valence-electron chi connectivity index (χ3n) is 6.80. The first-order valence-corrected chi connectivity index (χ1v) is 14.0. The van der Waals surface area contributed by atoms with E-state index in [0.717, 1.165) is 45.8 Å². The van der Waals surface area contributed by atoms with Gasteiger partial charge in [0.25, 0.3) is 0 Å². The van der Waals surface area contributed by atoms with Crippen LogP contribution in [-0.4, -0.2) is 77.3 Å². The van der Waals surface area contributed by atoms with Gasteiger partial charge in [-0.3, -0.25) is 14.5 Å². The van der Waals surface area contributed by atoms with Gasteiger partial charge in [0.2, 0.25) is 0 Å². The van der Waals surface area contributed by atoms with E-state index in [0.29, 0.717) is 0 Å². The summed E-state index contributed by atoms with van der Waals surface area (Å²) in [6.45, 7) is 6.02. The maximum atomic E-state index is 9.99. The zero-order chi connectivity index (χ0) is 29.3. The van der Waals surface area contributed by atoms with Gasteiger partial charge in [0.15, 0.2) is 0 Å². The summed E-state index contributed by atoms with van der Waals surface area (Å²) in [5.74, 6) is -2.20. The number of carbonyl (C=O) groups is 2. The average molecular weight is 560 g/mol. The van der Waals surface area contributed by atoms with Crippen molar-refractivity contribution in [1.29, 1.82) is 0 Å². The minimum Gasteiger partial charge on any atom is -0.481 e. The topological polar surface area (TPSA) is 116 Å². The minimum atomic E-state index is -1.17. The van der Waals surface area contributed by atoms with E-state index in [9.17, 15) is 9.59 Å². The molecule has 1 fully saturated rings. The van der Waals surface area contributed by atoms with Crippen LogP contribution in [0.3, 0.4) is 0 Å². The molecule has 0 radical (unpaired) electrons. The van der Waals surface area contributed by atoms with Gasteiger partial charge in [-0.05, 0) is 35.7 Å². The molecule has 3 aromatic carbocycles. The summed E-state index contributed by atoms with van der Waals surface area (Å²) in [5.41, 5.74) is 8.78. The Kier molecular flexibility index (Phi) is 13.6. The molecule has 8 nitrogen and oxygen atoms in total. The van der Waals surface area contributed by atoms with E-state index in [4.69, 9.17) is 20.7 Å². The highest BCUT2D eigenvalue weighted by molar-refractivity contribution is 5.74. The van der Waals surface area contributed by atoms with Gasteiger partial charge < -0.3 is 25.6 Å². The fraction of sp³-hybridized carbons (Fsp3) is 0.333. The Morgan fingerprint density at radius 3 is 1.88 bits per heavy atom. The zero-order valence-electron chi connectivity index (χ0n) is 23.4. The molecule has 0 aromatic heterocycles. The second-order valence-corrected chi connectivity index (χ2v) is 9.90. The lowest BCUT2D eigenvalue weighted by Crippen LogP contribution is -2.45. The number of benzene rings is 3. The second kappa shape index (κ2) is 17.7. The van der Waals surface area contributed by atoms with Crippen molar-refractivity contribution in [3.8, 4) is 0 Å². The minimum absolute atomic E-state index is 0.00962. The van der Waals surface area contributed by atoms with E-state index in [-0.39, 0.29) is 18.9 Å². The monoisotopic (exact) mass is 559 g/mol. The molecule has 1 atom stereocenters. The van der Waals surface area contributed by atoms with Crippen molar-refractivity contribution in [3.63, 3.8) is 0 Å². The molecular weight excluding hydrogens is 518 g/mol. The average Bonchev–Trinajstić information content (AvgIpc) is 3.00. The lowest BCUT2D eigenvalue weighted by atomic mass is 10.0. The first-order valence-electron chi connectivity index (χ1n) is 14.0. The first-order chi connectivity index (χ1) is 19.9. The van der Waals surface area contributed by atoms with Crippen molar-refractivity contribution in [2.45, 2.75) is 31.4 Å². The third kappa shape index (κ3) is 12.0. The highest BCUT2D eigenvalue weighted by Crippen LogP contribution is 2.25. The maximum Gasteiger partial charge on any atom is 0.320 e. The quantitative estimate of drug-likeness (QED) is 0.282. The molecular formula is C33H41N3O5. The number of nitrogens with zero attached hydrogens (tertiary/aromatic N) is 2. The molecule has 1 saturated heterocycles. The molecule has 0 spiro atoms. The highest BCUT2D eigenvalue weighted by Gasteiger charge is 2.17. The Labute approximate surface area is 242 Å². The summed E-state index contributed by atoms with van der Waals surface area (Å²) in [4.78, 5) is 24.8. The fourth-order valence-electron chi connectivity index (χ4n) is 4.43. The van der Waals surface area contributed by atoms with Gasteiger partial charge >= 0.3 is 11.9 Å². The predicted molar refractivity (Wildman–Crippen MR) is 160 cm³/mol. The van der Waals surface area contributed by atoms with Crippen molar-refractivity contribution in [2.24, 2.45) is 5.73 Å². The Bertz CT molecular complexity index is 1140. The Morgan fingerprint density at radius 1 is 0.829 bits per heavy atom. The summed E-state index contributed by atoms with van der Waals surface area (Å²) in [6, 6.07) is 30.6. The van der Waals surface area contributed by atoms with Crippen molar-refractivity contribution < 1.29 is 24.5 Å². The van der Waals surface area contributed by atoms with Gasteiger partial charge in [0, 0.05) is 39.1 Å². The van der Waals surface area contributed by atoms with Crippen LogP contribution in [0.5, 0.6) is 0 Å². The van der Waals surface area contributed by atoms with Crippen LogP contribution in [0.4, 0.5) is 0 Å². The molecule has 0 aliphatic carbocycles. The molecule has 0 amide bonds. The molecule has 41 heavy (non-hydrogen) atoms. The summed E-state index contributed by atoms with van der Waals surface area (Å²) in [6.07, 6.45) is 5.30. The summed E-state index contributed by atoms with van der Waals surface area (Å²) >= 11 is 0. The molecule has 1 aliphatic rings. The van der Waals surface area contributed by atoms with Gasteiger partial charge in [0.1, 0.15) is 12.1 Å². The largest absolute Gasteiger partial charge is 0.481 e. The molecule has 4 N–H and O–H groups in total. The van der Waals surface area contributed by atoms with Crippen molar-refractivity contribution in [2.75, 3.05) is 39.3 Å². The van der Waals surface area contributed by atoms with Gasteiger partial charge in [0.05, 0.1) is 6.61 Å². The standard InChI is InChI=1S/C28H32N2O.C5H9NO4/c1-4-11-25(12-5-1)13-10-18-29-19-21-30(22-20-29)23-24-31-28(26-14-6-2-7-15-26)27-16-8-3-9-17-27;6-3(5(9)10)1-2-4(7)8/h1-12,14-18,28H,13,19-24H2;3H,1-2,6H2,(H,7,8)(H,9,10)/b18-10+;/t;3-/m.0/s1. The van der Waals surface area contributed by atoms with Crippen LogP contribution in [0, 0.1) is 0 Å². The molecule has 1 heterocycles. The van der Waals surface area contributed by atoms with Crippen LogP contribution < -0.4 is 5.73 Å². The Hall–Kier alpha value is -3.98. The van der Waals surface area contributed by atoms with E-state index in [1.54, 1.807) is 0 Å². The SMILES string of the molecule is C(=C\N1CCN(CCOC(c2ccccc2)c2ccccc2)CC1)/Cc1ccccc1.N[C@@H](CCC(=O)O)C(=O)O. The Balaban J connectivity index is 0.000000397. The van der Waals surface area contributed by atoms with E-state index >= 15 is 0 Å². The van der Waals surface area contributed by atoms with Gasteiger partial charge in [-0.1, -0.05) is 97.1 Å². The molecule has 0 unspecified atom stereocenters. The van der Waals surface area contributed by atoms with E-state index in [2.05, 4.69) is 113 Å². The smallest absolute Gasteiger partial charge is 0.320 e. The lowest BCUT2D eigenvalue weighted by Gasteiger charge is -2.34. The number of carboxylic acid groups (broad SMARTS) is 2. The molecule has 0 saturated carbocycles. The maximum absolute atomic E-state index is 9.99. The molecule has 3 aromatic rings. The second-order valence-electron chi connectivity index (χ2n) is 9.90. The van der Waals surface area contributed by atoms with Crippen LogP contribution >= 0.6 is 0 Å². The Morgan fingerprint density at radius 2 is 1.37 bits per heavy atom. The van der Waals surface area contributed by atoms with E-state index < -0.39 is 18.0 Å². The van der Waals surface area contributed by atoms with Crippen LogP contribution in [0.25, 0.3) is 0 Å². The number of hydrogen-bond donors (Lipinski definition) is 3. The zero-order valence-corrected chi connectivity index (χ0v) is 23.4. The van der Waals surface area contributed by atoms with Gasteiger partial charge in [-0.25, -0.2) is 0 Å². The summed E-state index contributed by atoms with van der Waals surface area (Å²) in [5, 5.41) is 16.3. The number of nitrogens with two attached hydrogens (primary N) is 1. The number of carboxylic acids is 2.